The fourth-order valence-corrected chi connectivity index (χ4v) is 8.06. The highest BCUT2D eigenvalue weighted by Crippen LogP contribution is 2.66. The van der Waals surface area contributed by atoms with Gasteiger partial charge in [0, 0.05) is 18.8 Å². The minimum Gasteiger partial charge on any atom is -0.411 e. The molecule has 0 unspecified atom stereocenters. The molecule has 4 rings (SSSR count). The number of quaternary nitrogens is 1. The van der Waals surface area contributed by atoms with E-state index in [1.807, 2.05) is 6.92 Å². The van der Waals surface area contributed by atoms with Crippen LogP contribution in [0.4, 0.5) is 0 Å². The van der Waals surface area contributed by atoms with Crippen LogP contribution in [0, 0.1) is 34.5 Å². The molecule has 7 atom stereocenters. The number of nitrogens with zero attached hydrogens (tertiary/aromatic N) is 2. The average molecular weight is 374 g/mol. The Hall–Kier alpha value is -0.830. The minimum absolute atomic E-state index is 0.346. The standard InChI is InChI=1S/C24H40N2O/c1-16(25-27)20-9-10-21-19-8-7-17-15-18(26(4,5)6)11-13-23(17,2)22(19)12-14-24(20,21)3/h7,18-22H,8-15H2,1-6H3/p+1/t18-,19+,20-,21+,22+,23-,24+/m0/s1. The topological polar surface area (TPSA) is 32.6 Å². The lowest BCUT2D eigenvalue weighted by atomic mass is 9.47. The number of oxime groups is 1. The van der Waals surface area contributed by atoms with Crippen molar-refractivity contribution in [1.29, 1.82) is 0 Å². The molecule has 3 saturated carbocycles. The quantitative estimate of drug-likeness (QED) is 0.224. The van der Waals surface area contributed by atoms with Gasteiger partial charge in [-0.15, -0.1) is 0 Å². The maximum atomic E-state index is 9.40. The van der Waals surface area contributed by atoms with Crippen molar-refractivity contribution in [3.63, 3.8) is 0 Å². The predicted molar refractivity (Wildman–Crippen MR) is 112 cm³/mol. The first-order valence-corrected chi connectivity index (χ1v) is 11.3. The van der Waals surface area contributed by atoms with E-state index in [2.05, 4.69) is 46.2 Å². The number of allylic oxidation sites excluding steroid dienone is 1. The van der Waals surface area contributed by atoms with Crippen LogP contribution < -0.4 is 0 Å². The van der Waals surface area contributed by atoms with E-state index >= 15 is 0 Å². The highest BCUT2D eigenvalue weighted by Gasteiger charge is 2.59. The van der Waals surface area contributed by atoms with Crippen molar-refractivity contribution >= 4 is 5.71 Å². The number of hydrogen-bond acceptors (Lipinski definition) is 2. The second-order valence-corrected chi connectivity index (χ2v) is 11.7. The first-order chi connectivity index (χ1) is 12.6. The first-order valence-electron chi connectivity index (χ1n) is 11.3. The maximum Gasteiger partial charge on any atom is 0.0922 e. The zero-order valence-corrected chi connectivity index (χ0v) is 18.5. The van der Waals surface area contributed by atoms with Gasteiger partial charge >= 0.3 is 0 Å². The maximum absolute atomic E-state index is 9.40. The van der Waals surface area contributed by atoms with Gasteiger partial charge in [-0.25, -0.2) is 0 Å². The van der Waals surface area contributed by atoms with E-state index in [1.165, 1.54) is 51.4 Å². The molecule has 4 aliphatic rings. The fourth-order valence-electron chi connectivity index (χ4n) is 8.06. The van der Waals surface area contributed by atoms with Gasteiger partial charge in [-0.1, -0.05) is 30.7 Å². The third-order valence-electron chi connectivity index (χ3n) is 9.84. The van der Waals surface area contributed by atoms with Crippen LogP contribution in [-0.2, 0) is 0 Å². The van der Waals surface area contributed by atoms with Gasteiger partial charge in [-0.05, 0) is 74.0 Å². The Morgan fingerprint density at radius 1 is 1.07 bits per heavy atom. The third kappa shape index (κ3) is 2.82. The molecule has 0 aromatic heterocycles. The van der Waals surface area contributed by atoms with E-state index in [4.69, 9.17) is 0 Å². The minimum atomic E-state index is 0.346. The van der Waals surface area contributed by atoms with Crippen molar-refractivity contribution in [2.24, 2.45) is 39.7 Å². The molecule has 0 aliphatic heterocycles. The molecule has 0 spiro atoms. The summed E-state index contributed by atoms with van der Waals surface area (Å²) < 4.78 is 1.10. The second kappa shape index (κ2) is 6.34. The molecule has 0 amide bonds. The van der Waals surface area contributed by atoms with Gasteiger partial charge in [0.25, 0.3) is 0 Å². The van der Waals surface area contributed by atoms with E-state index in [-0.39, 0.29) is 0 Å². The molecule has 0 saturated heterocycles. The zero-order chi connectivity index (χ0) is 19.6. The Kier molecular flexibility index (Phi) is 4.57. The van der Waals surface area contributed by atoms with Gasteiger partial charge in [-0.3, -0.25) is 0 Å². The SMILES string of the molecule is CC(=NO)[C@@H]1CC[C@@H]2[C@H]3CC=C4C[C@@H]([N+](C)(C)C)CC[C@]4(C)[C@@H]3CC[C@@]21C. The largest absolute Gasteiger partial charge is 0.411 e. The third-order valence-corrected chi connectivity index (χ3v) is 9.84. The van der Waals surface area contributed by atoms with E-state index < -0.39 is 0 Å². The molecular weight excluding hydrogens is 332 g/mol. The van der Waals surface area contributed by atoms with E-state index in [9.17, 15) is 5.21 Å². The summed E-state index contributed by atoms with van der Waals surface area (Å²) in [5.74, 6) is 3.01. The van der Waals surface area contributed by atoms with Crippen molar-refractivity contribution in [3.05, 3.63) is 11.6 Å². The molecule has 1 N–H and O–H groups in total. The molecule has 0 aromatic rings. The molecule has 0 heterocycles. The van der Waals surface area contributed by atoms with Gasteiger partial charge in [0.2, 0.25) is 0 Å². The highest BCUT2D eigenvalue weighted by atomic mass is 16.4. The predicted octanol–water partition coefficient (Wildman–Crippen LogP) is 5.49. The summed E-state index contributed by atoms with van der Waals surface area (Å²) in [4.78, 5) is 0. The fraction of sp³-hybridized carbons (Fsp3) is 0.875. The smallest absolute Gasteiger partial charge is 0.0922 e. The number of fused-ring (bicyclic) bond motifs is 5. The average Bonchev–Trinajstić information content (AvgIpc) is 2.96. The van der Waals surface area contributed by atoms with E-state index in [0.29, 0.717) is 16.7 Å². The molecule has 0 radical (unpaired) electrons. The van der Waals surface area contributed by atoms with Crippen LogP contribution in [0.25, 0.3) is 0 Å². The number of rotatable bonds is 2. The molecule has 0 bridgehead atoms. The second-order valence-electron chi connectivity index (χ2n) is 11.7. The summed E-state index contributed by atoms with van der Waals surface area (Å²) in [7, 11) is 7.11. The van der Waals surface area contributed by atoms with Gasteiger partial charge in [0.1, 0.15) is 0 Å². The Morgan fingerprint density at radius 2 is 1.81 bits per heavy atom. The van der Waals surface area contributed by atoms with Crippen molar-refractivity contribution in [3.8, 4) is 0 Å². The highest BCUT2D eigenvalue weighted by molar-refractivity contribution is 5.85. The summed E-state index contributed by atoms with van der Waals surface area (Å²) in [6.45, 7) is 7.16. The molecule has 3 fully saturated rings. The Labute approximate surface area is 166 Å². The summed E-state index contributed by atoms with van der Waals surface area (Å²) in [6, 6.07) is 0.786. The summed E-state index contributed by atoms with van der Waals surface area (Å²) in [6.07, 6.45) is 13.3. The van der Waals surface area contributed by atoms with Crippen molar-refractivity contribution in [1.82, 2.24) is 0 Å². The summed E-state index contributed by atoms with van der Waals surface area (Å²) >= 11 is 0. The Balaban J connectivity index is 1.61. The zero-order valence-electron chi connectivity index (χ0n) is 18.5. The van der Waals surface area contributed by atoms with Gasteiger partial charge < -0.3 is 9.69 Å². The van der Waals surface area contributed by atoms with Crippen LogP contribution in [0.3, 0.4) is 0 Å². The Morgan fingerprint density at radius 3 is 2.48 bits per heavy atom. The lowest BCUT2D eigenvalue weighted by molar-refractivity contribution is -0.897. The van der Waals surface area contributed by atoms with Crippen molar-refractivity contribution < 1.29 is 9.69 Å². The van der Waals surface area contributed by atoms with Gasteiger partial charge in [0.15, 0.2) is 0 Å². The van der Waals surface area contributed by atoms with Crippen LogP contribution in [0.15, 0.2) is 16.8 Å². The van der Waals surface area contributed by atoms with Gasteiger partial charge in [0.05, 0.1) is 32.9 Å². The van der Waals surface area contributed by atoms with E-state index in [1.54, 1.807) is 5.57 Å². The molecule has 0 aromatic carbocycles. The molecule has 152 valence electrons. The van der Waals surface area contributed by atoms with Crippen LogP contribution in [0.2, 0.25) is 0 Å². The summed E-state index contributed by atoms with van der Waals surface area (Å²) in [5, 5.41) is 13.0. The molecule has 3 heteroatoms. The van der Waals surface area contributed by atoms with Gasteiger partial charge in [-0.2, -0.15) is 0 Å². The monoisotopic (exact) mass is 373 g/mol. The molecule has 27 heavy (non-hydrogen) atoms. The van der Waals surface area contributed by atoms with Crippen molar-refractivity contribution in [2.45, 2.75) is 78.2 Å². The molecule has 4 aliphatic carbocycles. The Bertz CT molecular complexity index is 660. The summed E-state index contributed by atoms with van der Waals surface area (Å²) in [5.41, 5.74) is 3.55. The number of hydrogen-bond donors (Lipinski definition) is 1. The van der Waals surface area contributed by atoms with E-state index in [0.717, 1.165) is 34.0 Å². The molecular formula is C24H41N2O+. The lowest BCUT2D eigenvalue weighted by Gasteiger charge is -2.58. The van der Waals surface area contributed by atoms with Crippen molar-refractivity contribution in [2.75, 3.05) is 21.1 Å². The van der Waals surface area contributed by atoms with Crippen LogP contribution in [0.1, 0.15) is 72.1 Å². The normalized spacial score (nSPS) is 47.7. The van der Waals surface area contributed by atoms with Crippen LogP contribution in [0.5, 0.6) is 0 Å². The van der Waals surface area contributed by atoms with Crippen LogP contribution in [-0.4, -0.2) is 42.6 Å². The lowest BCUT2D eigenvalue weighted by Crippen LogP contribution is -2.54. The van der Waals surface area contributed by atoms with Crippen LogP contribution >= 0.6 is 0 Å². The first kappa shape index (κ1) is 19.5. The molecule has 3 nitrogen and oxygen atoms in total.